The Hall–Kier alpha value is -1.36. The molecule has 0 saturated heterocycles. The molecule has 0 fully saturated rings. The van der Waals surface area contributed by atoms with Crippen molar-refractivity contribution in [3.05, 3.63) is 22.7 Å². The molecule has 4 nitrogen and oxygen atoms in total. The minimum atomic E-state index is -0.309. The minimum Gasteiger partial charge on any atom is -0.423 e. The average molecular weight is 413 g/mol. The predicted octanol–water partition coefficient (Wildman–Crippen LogP) is 5.91. The topological polar surface area (TPSA) is 52.6 Å². The fourth-order valence-electron chi connectivity index (χ4n) is 2.30. The highest BCUT2D eigenvalue weighted by atomic mass is 79.9. The van der Waals surface area contributed by atoms with Crippen LogP contribution in [0, 0.1) is 11.8 Å². The number of carbonyl (C=O) groups is 2. The van der Waals surface area contributed by atoms with Crippen LogP contribution in [0.3, 0.4) is 0 Å². The zero-order valence-corrected chi connectivity index (χ0v) is 17.2. The standard InChI is InChI=1S/C20H29BrO4/c1-14(2)7-5-9-19(22)24-17-12-11-16(21)13-18(17)25-20(23)10-6-8-15(3)4/h11-15H,5-10H2,1-4H3. The van der Waals surface area contributed by atoms with Crippen LogP contribution in [0.2, 0.25) is 0 Å². The van der Waals surface area contributed by atoms with Gasteiger partial charge in [-0.1, -0.05) is 56.5 Å². The maximum Gasteiger partial charge on any atom is 0.311 e. The first kappa shape index (κ1) is 21.7. The van der Waals surface area contributed by atoms with Crippen LogP contribution in [0.25, 0.3) is 0 Å². The highest BCUT2D eigenvalue weighted by Gasteiger charge is 2.14. The molecule has 0 heterocycles. The average Bonchev–Trinajstić information content (AvgIpc) is 2.49. The normalized spacial score (nSPS) is 11.0. The molecule has 0 unspecified atom stereocenters. The van der Waals surface area contributed by atoms with Gasteiger partial charge in [0.05, 0.1) is 0 Å². The highest BCUT2D eigenvalue weighted by molar-refractivity contribution is 9.10. The van der Waals surface area contributed by atoms with Gasteiger partial charge in [-0.3, -0.25) is 9.59 Å². The summed E-state index contributed by atoms with van der Waals surface area (Å²) in [5, 5.41) is 0. The Morgan fingerprint density at radius 2 is 1.36 bits per heavy atom. The molecular weight excluding hydrogens is 384 g/mol. The van der Waals surface area contributed by atoms with E-state index in [0.717, 1.165) is 30.2 Å². The lowest BCUT2D eigenvalue weighted by atomic mass is 10.1. The number of esters is 2. The van der Waals surface area contributed by atoms with Gasteiger partial charge in [0.2, 0.25) is 0 Å². The molecule has 1 aromatic carbocycles. The number of benzene rings is 1. The summed E-state index contributed by atoms with van der Waals surface area (Å²) in [6.45, 7) is 8.49. The van der Waals surface area contributed by atoms with Crippen LogP contribution in [0.15, 0.2) is 22.7 Å². The largest absolute Gasteiger partial charge is 0.423 e. The molecule has 0 aliphatic heterocycles. The zero-order chi connectivity index (χ0) is 18.8. The van der Waals surface area contributed by atoms with E-state index < -0.39 is 0 Å². The Morgan fingerprint density at radius 3 is 1.84 bits per heavy atom. The van der Waals surface area contributed by atoms with E-state index in [2.05, 4.69) is 43.6 Å². The molecule has 0 aromatic heterocycles. The number of hydrogen-bond donors (Lipinski definition) is 0. The summed E-state index contributed by atoms with van der Waals surface area (Å²) in [4.78, 5) is 24.0. The van der Waals surface area contributed by atoms with E-state index in [1.165, 1.54) is 0 Å². The first-order valence-electron chi connectivity index (χ1n) is 8.98. The first-order valence-corrected chi connectivity index (χ1v) is 9.78. The molecule has 0 atom stereocenters. The summed E-state index contributed by atoms with van der Waals surface area (Å²) < 4.78 is 11.6. The smallest absolute Gasteiger partial charge is 0.311 e. The Morgan fingerprint density at radius 1 is 0.880 bits per heavy atom. The Balaban J connectivity index is 2.62. The lowest BCUT2D eigenvalue weighted by molar-refractivity contribution is -0.137. The summed E-state index contributed by atoms with van der Waals surface area (Å²) in [7, 11) is 0. The van der Waals surface area contributed by atoms with E-state index in [1.807, 2.05) is 0 Å². The second-order valence-electron chi connectivity index (χ2n) is 7.11. The molecule has 5 heteroatoms. The molecule has 1 rings (SSSR count). The monoisotopic (exact) mass is 412 g/mol. The van der Waals surface area contributed by atoms with Gasteiger partial charge in [0.1, 0.15) is 0 Å². The van der Waals surface area contributed by atoms with Crippen LogP contribution in [-0.2, 0) is 9.59 Å². The molecule has 0 saturated carbocycles. The fourth-order valence-corrected chi connectivity index (χ4v) is 2.64. The summed E-state index contributed by atoms with van der Waals surface area (Å²) in [5.41, 5.74) is 0. The van der Waals surface area contributed by atoms with Crippen LogP contribution in [-0.4, -0.2) is 11.9 Å². The lowest BCUT2D eigenvalue weighted by Crippen LogP contribution is -2.12. The Kier molecular flexibility index (Phi) is 9.79. The number of carbonyl (C=O) groups excluding carboxylic acids is 2. The Labute approximate surface area is 159 Å². The van der Waals surface area contributed by atoms with Crippen molar-refractivity contribution in [1.29, 1.82) is 0 Å². The number of ether oxygens (including phenoxy) is 2. The van der Waals surface area contributed by atoms with E-state index in [9.17, 15) is 9.59 Å². The van der Waals surface area contributed by atoms with Crippen molar-refractivity contribution in [2.24, 2.45) is 11.8 Å². The predicted molar refractivity (Wildman–Crippen MR) is 103 cm³/mol. The SMILES string of the molecule is CC(C)CCCC(=O)Oc1ccc(Br)cc1OC(=O)CCCC(C)C. The highest BCUT2D eigenvalue weighted by Crippen LogP contribution is 2.31. The van der Waals surface area contributed by atoms with Crippen molar-refractivity contribution >= 4 is 27.9 Å². The third-order valence-corrected chi connectivity index (χ3v) is 4.17. The van der Waals surface area contributed by atoms with Crippen molar-refractivity contribution in [3.8, 4) is 11.5 Å². The maximum absolute atomic E-state index is 12.0. The van der Waals surface area contributed by atoms with E-state index in [0.29, 0.717) is 24.7 Å². The van der Waals surface area contributed by atoms with Gasteiger partial charge in [-0.15, -0.1) is 0 Å². The van der Waals surface area contributed by atoms with Gasteiger partial charge in [-0.05, 0) is 42.9 Å². The van der Waals surface area contributed by atoms with Crippen molar-refractivity contribution in [2.75, 3.05) is 0 Å². The third kappa shape index (κ3) is 9.63. The second kappa shape index (κ2) is 11.3. The van der Waals surface area contributed by atoms with Crippen molar-refractivity contribution in [3.63, 3.8) is 0 Å². The fraction of sp³-hybridized carbons (Fsp3) is 0.600. The summed E-state index contributed by atoms with van der Waals surface area (Å²) in [6, 6.07) is 5.05. The van der Waals surface area contributed by atoms with Crippen LogP contribution in [0.1, 0.15) is 66.2 Å². The number of hydrogen-bond acceptors (Lipinski definition) is 4. The van der Waals surface area contributed by atoms with Gasteiger partial charge in [0.15, 0.2) is 11.5 Å². The maximum atomic E-state index is 12.0. The summed E-state index contributed by atoms with van der Waals surface area (Å²) >= 11 is 3.35. The van der Waals surface area contributed by atoms with E-state index in [4.69, 9.17) is 9.47 Å². The van der Waals surface area contributed by atoms with Gasteiger partial charge >= 0.3 is 11.9 Å². The van der Waals surface area contributed by atoms with Gasteiger partial charge in [-0.25, -0.2) is 0 Å². The number of rotatable bonds is 10. The minimum absolute atomic E-state index is 0.279. The van der Waals surface area contributed by atoms with Gasteiger partial charge < -0.3 is 9.47 Å². The molecular formula is C20H29BrO4. The van der Waals surface area contributed by atoms with Crippen molar-refractivity contribution in [1.82, 2.24) is 0 Å². The molecule has 0 N–H and O–H groups in total. The van der Waals surface area contributed by atoms with Crippen molar-refractivity contribution < 1.29 is 19.1 Å². The van der Waals surface area contributed by atoms with Crippen LogP contribution in [0.4, 0.5) is 0 Å². The molecule has 0 spiro atoms. The summed E-state index contributed by atoms with van der Waals surface area (Å²) in [6.07, 6.45) is 4.24. The molecule has 1 aromatic rings. The van der Waals surface area contributed by atoms with E-state index in [1.54, 1.807) is 18.2 Å². The number of halogens is 1. The van der Waals surface area contributed by atoms with Crippen LogP contribution >= 0.6 is 15.9 Å². The molecule has 0 aliphatic rings. The zero-order valence-electron chi connectivity index (χ0n) is 15.6. The first-order chi connectivity index (χ1) is 11.8. The van der Waals surface area contributed by atoms with E-state index >= 15 is 0 Å². The van der Waals surface area contributed by atoms with Crippen LogP contribution in [0.5, 0.6) is 11.5 Å². The molecule has 0 aliphatic carbocycles. The lowest BCUT2D eigenvalue weighted by Gasteiger charge is -2.11. The molecule has 0 radical (unpaired) electrons. The summed E-state index contributed by atoms with van der Waals surface area (Å²) in [5.74, 6) is 1.07. The van der Waals surface area contributed by atoms with Crippen LogP contribution < -0.4 is 9.47 Å². The molecule has 0 bridgehead atoms. The quantitative estimate of drug-likeness (QED) is 0.353. The van der Waals surface area contributed by atoms with Gasteiger partial charge in [0.25, 0.3) is 0 Å². The van der Waals surface area contributed by atoms with E-state index in [-0.39, 0.29) is 23.4 Å². The van der Waals surface area contributed by atoms with Crippen molar-refractivity contribution in [2.45, 2.75) is 66.2 Å². The molecule has 25 heavy (non-hydrogen) atoms. The third-order valence-electron chi connectivity index (χ3n) is 3.68. The Bertz CT molecular complexity index is 567. The second-order valence-corrected chi connectivity index (χ2v) is 8.03. The van der Waals surface area contributed by atoms with Gasteiger partial charge in [0, 0.05) is 17.3 Å². The molecule has 140 valence electrons. The molecule has 0 amide bonds. The van der Waals surface area contributed by atoms with Gasteiger partial charge in [-0.2, -0.15) is 0 Å².